The van der Waals surface area contributed by atoms with Crippen molar-refractivity contribution in [1.29, 1.82) is 0 Å². The molecule has 0 aliphatic heterocycles. The summed E-state index contributed by atoms with van der Waals surface area (Å²) in [5, 5.41) is 0. The summed E-state index contributed by atoms with van der Waals surface area (Å²) < 4.78 is 10.5. The van der Waals surface area contributed by atoms with E-state index in [0.717, 1.165) is 0 Å². The van der Waals surface area contributed by atoms with Gasteiger partial charge in [-0.3, -0.25) is 0 Å². The molecule has 0 atom stereocenters. The third-order valence-electron chi connectivity index (χ3n) is 0.763. The van der Waals surface area contributed by atoms with E-state index in [9.17, 15) is 0 Å². The minimum absolute atomic E-state index is 0.646. The average molecular weight is 221 g/mol. The summed E-state index contributed by atoms with van der Waals surface area (Å²) in [4.78, 5) is 3.95. The van der Waals surface area contributed by atoms with Crippen LogP contribution in [-0.2, 0) is 7.53 Å². The molecular formula is C6H16GeN2O2. The molecule has 0 spiro atoms. The minimum atomic E-state index is -0.646. The molecule has 66 valence electrons. The molecule has 0 heterocycles. The van der Waals surface area contributed by atoms with E-state index < -0.39 is 16.1 Å². The standard InChI is InChI=1S/C6H16GeN2O2/c1-8(2)5-10-7-11-6-9(3)4/h5-6H2,1-4H3. The second kappa shape index (κ2) is 7.05. The van der Waals surface area contributed by atoms with Gasteiger partial charge >= 0.3 is 75.1 Å². The van der Waals surface area contributed by atoms with Crippen LogP contribution in [0.25, 0.3) is 0 Å². The zero-order chi connectivity index (χ0) is 8.69. The fourth-order valence-electron chi connectivity index (χ4n) is 0.353. The summed E-state index contributed by atoms with van der Waals surface area (Å²) in [6.45, 7) is 1.32. The molecule has 0 unspecified atom stereocenters. The van der Waals surface area contributed by atoms with Crippen molar-refractivity contribution in [3.05, 3.63) is 0 Å². The molecule has 11 heavy (non-hydrogen) atoms. The Kier molecular flexibility index (Phi) is 7.30. The predicted octanol–water partition coefficient (Wildman–Crippen LogP) is -0.408. The molecule has 0 saturated heterocycles. The monoisotopic (exact) mass is 222 g/mol. The van der Waals surface area contributed by atoms with Gasteiger partial charge in [0.25, 0.3) is 0 Å². The second-order valence-electron chi connectivity index (χ2n) is 2.79. The van der Waals surface area contributed by atoms with Gasteiger partial charge < -0.3 is 0 Å². The Morgan fingerprint density at radius 1 is 0.909 bits per heavy atom. The number of hydrogen-bond donors (Lipinski definition) is 0. The number of hydrogen-bond acceptors (Lipinski definition) is 4. The molecule has 0 fully saturated rings. The first-order valence-corrected chi connectivity index (χ1v) is 5.12. The molecule has 4 nitrogen and oxygen atoms in total. The van der Waals surface area contributed by atoms with E-state index in [0.29, 0.717) is 13.5 Å². The number of rotatable bonds is 6. The summed E-state index contributed by atoms with van der Waals surface area (Å²) in [5.41, 5.74) is 0. The second-order valence-corrected chi connectivity index (χ2v) is 4.35. The van der Waals surface area contributed by atoms with Gasteiger partial charge in [0.1, 0.15) is 0 Å². The van der Waals surface area contributed by atoms with E-state index in [1.54, 1.807) is 0 Å². The Hall–Kier alpha value is 0.383. The molecule has 0 aromatic rings. The average Bonchev–Trinajstić information content (AvgIpc) is 1.85. The van der Waals surface area contributed by atoms with Crippen LogP contribution in [0.4, 0.5) is 0 Å². The fourth-order valence-corrected chi connectivity index (χ4v) is 1.83. The molecule has 0 aromatic heterocycles. The van der Waals surface area contributed by atoms with Crippen molar-refractivity contribution >= 4 is 16.1 Å². The van der Waals surface area contributed by atoms with Crippen LogP contribution in [0.3, 0.4) is 0 Å². The fraction of sp³-hybridized carbons (Fsp3) is 1.00. The number of nitrogens with zero attached hydrogens (tertiary/aromatic N) is 2. The van der Waals surface area contributed by atoms with Crippen molar-refractivity contribution in [3.63, 3.8) is 0 Å². The van der Waals surface area contributed by atoms with Crippen LogP contribution in [-0.4, -0.2) is 67.6 Å². The zero-order valence-corrected chi connectivity index (χ0v) is 9.72. The van der Waals surface area contributed by atoms with E-state index >= 15 is 0 Å². The Morgan fingerprint density at radius 2 is 1.27 bits per heavy atom. The molecule has 5 heteroatoms. The molecule has 0 aromatic carbocycles. The van der Waals surface area contributed by atoms with Gasteiger partial charge in [-0.25, -0.2) is 0 Å². The van der Waals surface area contributed by atoms with Crippen LogP contribution in [0.5, 0.6) is 0 Å². The van der Waals surface area contributed by atoms with Crippen molar-refractivity contribution in [2.45, 2.75) is 0 Å². The Labute approximate surface area is 75.6 Å². The summed E-state index contributed by atoms with van der Waals surface area (Å²) in [5.74, 6) is 0. The zero-order valence-electron chi connectivity index (χ0n) is 7.63. The first kappa shape index (κ1) is 11.4. The first-order valence-electron chi connectivity index (χ1n) is 3.41. The van der Waals surface area contributed by atoms with Crippen LogP contribution in [0.2, 0.25) is 0 Å². The maximum absolute atomic E-state index is 5.25. The van der Waals surface area contributed by atoms with Crippen molar-refractivity contribution < 1.29 is 7.53 Å². The molecule has 0 rings (SSSR count). The van der Waals surface area contributed by atoms with Gasteiger partial charge in [0.05, 0.1) is 0 Å². The van der Waals surface area contributed by atoms with Crippen molar-refractivity contribution in [2.75, 3.05) is 41.7 Å². The van der Waals surface area contributed by atoms with Gasteiger partial charge in [-0.1, -0.05) is 0 Å². The Morgan fingerprint density at radius 3 is 1.55 bits per heavy atom. The predicted molar refractivity (Wildman–Crippen MR) is 45.0 cm³/mol. The molecule has 0 aliphatic carbocycles. The molecule has 0 saturated carbocycles. The Bertz CT molecular complexity index is 80.7. The third kappa shape index (κ3) is 10.4. The van der Waals surface area contributed by atoms with Gasteiger partial charge in [0.2, 0.25) is 0 Å². The van der Waals surface area contributed by atoms with E-state index in [1.165, 1.54) is 0 Å². The van der Waals surface area contributed by atoms with E-state index in [-0.39, 0.29) is 0 Å². The van der Waals surface area contributed by atoms with E-state index in [2.05, 4.69) is 0 Å². The molecule has 0 N–H and O–H groups in total. The van der Waals surface area contributed by atoms with Crippen LogP contribution < -0.4 is 0 Å². The van der Waals surface area contributed by atoms with Crippen LogP contribution in [0.15, 0.2) is 0 Å². The van der Waals surface area contributed by atoms with E-state index in [4.69, 9.17) is 7.53 Å². The third-order valence-corrected chi connectivity index (χ3v) is 1.80. The van der Waals surface area contributed by atoms with Crippen LogP contribution >= 0.6 is 0 Å². The van der Waals surface area contributed by atoms with E-state index in [1.807, 2.05) is 38.0 Å². The first-order chi connectivity index (χ1) is 5.13. The SMILES string of the molecule is CN(C)C[O][Ge][O]CN(C)C. The summed E-state index contributed by atoms with van der Waals surface area (Å²) in [7, 11) is 7.88. The van der Waals surface area contributed by atoms with Gasteiger partial charge in [0, 0.05) is 0 Å². The Balaban J connectivity index is 2.91. The van der Waals surface area contributed by atoms with Crippen molar-refractivity contribution in [2.24, 2.45) is 0 Å². The molecule has 2 radical (unpaired) electrons. The van der Waals surface area contributed by atoms with Crippen molar-refractivity contribution in [3.8, 4) is 0 Å². The van der Waals surface area contributed by atoms with Crippen LogP contribution in [0, 0.1) is 0 Å². The quantitative estimate of drug-likeness (QED) is 0.345. The molecule has 0 aliphatic rings. The van der Waals surface area contributed by atoms with Gasteiger partial charge in [-0.15, -0.1) is 0 Å². The summed E-state index contributed by atoms with van der Waals surface area (Å²) in [6.07, 6.45) is 0. The maximum atomic E-state index is 5.25. The van der Waals surface area contributed by atoms with Crippen LogP contribution in [0.1, 0.15) is 0 Å². The molecular weight excluding hydrogens is 205 g/mol. The topological polar surface area (TPSA) is 24.9 Å². The van der Waals surface area contributed by atoms with Crippen molar-refractivity contribution in [1.82, 2.24) is 9.80 Å². The normalized spacial score (nSPS) is 11.5. The van der Waals surface area contributed by atoms with Gasteiger partial charge in [-0.05, 0) is 0 Å². The van der Waals surface area contributed by atoms with Gasteiger partial charge in [0.15, 0.2) is 0 Å². The summed E-state index contributed by atoms with van der Waals surface area (Å²) in [6, 6.07) is 0. The molecule has 0 amide bonds. The van der Waals surface area contributed by atoms with Gasteiger partial charge in [-0.2, -0.15) is 0 Å². The molecule has 0 bridgehead atoms. The summed E-state index contributed by atoms with van der Waals surface area (Å²) >= 11 is -0.646.